The van der Waals surface area contributed by atoms with Crippen LogP contribution in [0.1, 0.15) is 18.1 Å². The smallest absolute Gasteiger partial charge is 0.253 e. The van der Waals surface area contributed by atoms with E-state index in [9.17, 15) is 10.1 Å². The monoisotopic (exact) mass is 468 g/mol. The van der Waals surface area contributed by atoms with Crippen molar-refractivity contribution in [3.8, 4) is 22.9 Å². The van der Waals surface area contributed by atoms with Gasteiger partial charge in [0.15, 0.2) is 0 Å². The summed E-state index contributed by atoms with van der Waals surface area (Å²) in [5.41, 5.74) is 6.70. The number of rotatable bonds is 3. The zero-order chi connectivity index (χ0) is 25.0. The SMILES string of the molecule is COc1cc(N2CC(C)N(C)c3cc(-c4cnn(C)c4)c(C#N)cc32)c2cc(C)c(=O)n(C)c2c1. The van der Waals surface area contributed by atoms with Crippen molar-refractivity contribution in [3.05, 3.63) is 64.2 Å². The topological polar surface area (TPSA) is 79.3 Å². The average molecular weight is 469 g/mol. The maximum atomic E-state index is 12.7. The standard InChI is InChI=1S/C27H28N6O2/c1-16-7-22-23(32(5)27(16)34)9-20(35-6)10-24(22)33-14-17(2)31(4)25-11-21(18(12-28)8-26(25)33)19-13-29-30(3)15-19/h7-11,13,15,17H,14H2,1-6H3. The first kappa shape index (κ1) is 22.5. The second kappa shape index (κ2) is 8.20. The molecule has 0 N–H and O–H groups in total. The minimum atomic E-state index is -0.0308. The number of anilines is 3. The first-order valence-corrected chi connectivity index (χ1v) is 11.5. The highest BCUT2D eigenvalue weighted by molar-refractivity contribution is 5.98. The third-order valence-electron chi connectivity index (χ3n) is 7.03. The van der Waals surface area contributed by atoms with Crippen LogP contribution >= 0.6 is 0 Å². The number of benzene rings is 2. The minimum absolute atomic E-state index is 0.0308. The molecule has 0 amide bonds. The number of hydrogen-bond acceptors (Lipinski definition) is 6. The summed E-state index contributed by atoms with van der Waals surface area (Å²) in [6, 6.07) is 12.5. The van der Waals surface area contributed by atoms with Gasteiger partial charge in [0, 0.05) is 74.1 Å². The van der Waals surface area contributed by atoms with Gasteiger partial charge in [-0.1, -0.05) is 0 Å². The van der Waals surface area contributed by atoms with Crippen LogP contribution in [-0.2, 0) is 14.1 Å². The zero-order valence-corrected chi connectivity index (χ0v) is 20.8. The van der Waals surface area contributed by atoms with Crippen molar-refractivity contribution in [1.82, 2.24) is 14.3 Å². The molecule has 35 heavy (non-hydrogen) atoms. The molecule has 0 bridgehead atoms. The fourth-order valence-electron chi connectivity index (χ4n) is 4.93. The number of likely N-dealkylation sites (N-methyl/N-ethyl adjacent to an activating group) is 1. The van der Waals surface area contributed by atoms with E-state index in [0.717, 1.165) is 39.1 Å². The van der Waals surface area contributed by atoms with Crippen molar-refractivity contribution in [1.29, 1.82) is 5.26 Å². The summed E-state index contributed by atoms with van der Waals surface area (Å²) in [5, 5.41) is 15.3. The molecule has 0 spiro atoms. The molecule has 5 rings (SSSR count). The maximum Gasteiger partial charge on any atom is 0.253 e. The van der Waals surface area contributed by atoms with Gasteiger partial charge in [-0.15, -0.1) is 0 Å². The number of ether oxygens (including phenoxy) is 1. The number of nitriles is 1. The number of nitrogens with zero attached hydrogens (tertiary/aromatic N) is 6. The lowest BCUT2D eigenvalue weighted by atomic mass is 9.97. The summed E-state index contributed by atoms with van der Waals surface area (Å²) in [7, 11) is 7.37. The minimum Gasteiger partial charge on any atom is -0.497 e. The van der Waals surface area contributed by atoms with Gasteiger partial charge in [-0.05, 0) is 32.0 Å². The predicted octanol–water partition coefficient (Wildman–Crippen LogP) is 4.10. The summed E-state index contributed by atoms with van der Waals surface area (Å²) in [6.07, 6.45) is 3.71. The Kier molecular flexibility index (Phi) is 5.28. The third kappa shape index (κ3) is 3.51. The van der Waals surface area contributed by atoms with Gasteiger partial charge in [-0.3, -0.25) is 9.48 Å². The lowest BCUT2D eigenvalue weighted by Crippen LogP contribution is -2.44. The van der Waals surface area contributed by atoms with Crippen LogP contribution in [0.15, 0.2) is 47.5 Å². The van der Waals surface area contributed by atoms with Crippen LogP contribution in [0.25, 0.3) is 22.0 Å². The summed E-state index contributed by atoms with van der Waals surface area (Å²) in [6.45, 7) is 4.73. The van der Waals surface area contributed by atoms with Crippen LogP contribution < -0.4 is 20.1 Å². The molecule has 0 saturated carbocycles. The molecule has 4 aromatic rings. The molecule has 1 unspecified atom stereocenters. The van der Waals surface area contributed by atoms with E-state index in [1.165, 1.54) is 0 Å². The van der Waals surface area contributed by atoms with Crippen molar-refractivity contribution in [2.24, 2.45) is 14.1 Å². The van der Waals surface area contributed by atoms with Gasteiger partial charge in [-0.2, -0.15) is 10.4 Å². The van der Waals surface area contributed by atoms with Crippen LogP contribution in [0, 0.1) is 18.3 Å². The molecule has 3 heterocycles. The Morgan fingerprint density at radius 3 is 2.51 bits per heavy atom. The first-order valence-electron chi connectivity index (χ1n) is 11.5. The van der Waals surface area contributed by atoms with Gasteiger partial charge < -0.3 is 19.1 Å². The van der Waals surface area contributed by atoms with Crippen LogP contribution in [0.5, 0.6) is 5.75 Å². The maximum absolute atomic E-state index is 12.7. The Bertz CT molecular complexity index is 1580. The number of aryl methyl sites for hydroxylation is 3. The van der Waals surface area contributed by atoms with E-state index in [1.807, 2.05) is 44.4 Å². The van der Waals surface area contributed by atoms with E-state index in [2.05, 4.69) is 41.0 Å². The lowest BCUT2D eigenvalue weighted by molar-refractivity contribution is 0.415. The molecule has 8 heteroatoms. The molecular formula is C27H28N6O2. The quantitative estimate of drug-likeness (QED) is 0.450. The Morgan fingerprint density at radius 2 is 1.86 bits per heavy atom. The molecule has 2 aromatic heterocycles. The highest BCUT2D eigenvalue weighted by Gasteiger charge is 2.30. The zero-order valence-electron chi connectivity index (χ0n) is 20.8. The van der Waals surface area contributed by atoms with Crippen LogP contribution in [0.3, 0.4) is 0 Å². The van der Waals surface area contributed by atoms with Crippen LogP contribution in [0.2, 0.25) is 0 Å². The van der Waals surface area contributed by atoms with E-state index >= 15 is 0 Å². The van der Waals surface area contributed by atoms with Gasteiger partial charge in [0.25, 0.3) is 5.56 Å². The summed E-state index contributed by atoms with van der Waals surface area (Å²) < 4.78 is 9.03. The molecule has 1 aliphatic heterocycles. The molecule has 2 aromatic carbocycles. The number of methoxy groups -OCH3 is 1. The second-order valence-electron chi connectivity index (χ2n) is 9.24. The van der Waals surface area contributed by atoms with Gasteiger partial charge >= 0.3 is 0 Å². The van der Waals surface area contributed by atoms with Crippen LogP contribution in [-0.4, -0.2) is 41.1 Å². The predicted molar refractivity (Wildman–Crippen MR) is 139 cm³/mol. The van der Waals surface area contributed by atoms with Crippen molar-refractivity contribution >= 4 is 28.0 Å². The fraction of sp³-hybridized carbons (Fsp3) is 0.296. The van der Waals surface area contributed by atoms with Crippen molar-refractivity contribution in [2.45, 2.75) is 19.9 Å². The molecule has 0 aliphatic carbocycles. The Balaban J connectivity index is 1.80. The normalized spacial score (nSPS) is 15.3. The Labute approximate surface area is 204 Å². The van der Waals surface area contributed by atoms with Crippen molar-refractivity contribution in [3.63, 3.8) is 0 Å². The largest absolute Gasteiger partial charge is 0.497 e. The third-order valence-corrected chi connectivity index (χ3v) is 7.03. The number of fused-ring (bicyclic) bond motifs is 2. The average Bonchev–Trinajstić information content (AvgIpc) is 3.29. The Morgan fingerprint density at radius 1 is 1.09 bits per heavy atom. The molecular weight excluding hydrogens is 440 g/mol. The van der Waals surface area contributed by atoms with Crippen LogP contribution in [0.4, 0.5) is 17.1 Å². The van der Waals surface area contributed by atoms with E-state index in [0.29, 0.717) is 23.4 Å². The molecule has 1 aliphatic rings. The highest BCUT2D eigenvalue weighted by atomic mass is 16.5. The number of hydrogen-bond donors (Lipinski definition) is 0. The molecule has 8 nitrogen and oxygen atoms in total. The highest BCUT2D eigenvalue weighted by Crippen LogP contribution is 2.45. The Hall–Kier alpha value is -4.25. The number of aromatic nitrogens is 3. The first-order chi connectivity index (χ1) is 16.7. The van der Waals surface area contributed by atoms with Crippen molar-refractivity contribution < 1.29 is 4.74 Å². The van der Waals surface area contributed by atoms with E-state index in [-0.39, 0.29) is 11.6 Å². The van der Waals surface area contributed by atoms with Gasteiger partial charge in [-0.25, -0.2) is 0 Å². The van der Waals surface area contributed by atoms with Crippen molar-refractivity contribution in [2.75, 3.05) is 30.5 Å². The summed E-state index contributed by atoms with van der Waals surface area (Å²) >= 11 is 0. The van der Waals surface area contributed by atoms with Gasteiger partial charge in [0.05, 0.1) is 47.5 Å². The molecule has 1 atom stereocenters. The summed E-state index contributed by atoms with van der Waals surface area (Å²) in [4.78, 5) is 17.2. The van der Waals surface area contributed by atoms with Gasteiger partial charge in [0.2, 0.25) is 0 Å². The van der Waals surface area contributed by atoms with E-state index in [4.69, 9.17) is 4.74 Å². The number of pyridine rings is 1. The summed E-state index contributed by atoms with van der Waals surface area (Å²) in [5.74, 6) is 0.673. The second-order valence-corrected chi connectivity index (χ2v) is 9.24. The van der Waals surface area contributed by atoms with E-state index in [1.54, 1.807) is 29.6 Å². The molecule has 0 saturated heterocycles. The fourth-order valence-corrected chi connectivity index (χ4v) is 4.93. The van der Waals surface area contributed by atoms with E-state index < -0.39 is 0 Å². The molecule has 0 fully saturated rings. The van der Waals surface area contributed by atoms with Gasteiger partial charge in [0.1, 0.15) is 5.75 Å². The lowest BCUT2D eigenvalue weighted by Gasteiger charge is -2.42. The molecule has 0 radical (unpaired) electrons. The molecule has 178 valence electrons.